The van der Waals surface area contributed by atoms with Crippen LogP contribution in [0.25, 0.3) is 0 Å². The minimum atomic E-state index is -1.27. The van der Waals surface area contributed by atoms with Crippen molar-refractivity contribution in [3.05, 3.63) is 65.2 Å². The lowest BCUT2D eigenvalue weighted by Gasteiger charge is -2.18. The lowest BCUT2D eigenvalue weighted by Crippen LogP contribution is -2.41. The molecule has 7 nitrogen and oxygen atoms in total. The molecule has 0 aliphatic heterocycles. The Kier molecular flexibility index (Phi) is 7.77. The summed E-state index contributed by atoms with van der Waals surface area (Å²) in [6, 6.07) is 13.6. The molecule has 2 aromatic carbocycles. The van der Waals surface area contributed by atoms with E-state index >= 15 is 0 Å². The first kappa shape index (κ1) is 21.9. The first-order valence-corrected chi connectivity index (χ1v) is 9.32. The van der Waals surface area contributed by atoms with Gasteiger partial charge in [0, 0.05) is 12.6 Å². The van der Waals surface area contributed by atoms with E-state index in [4.69, 9.17) is 9.47 Å². The van der Waals surface area contributed by atoms with E-state index in [1.54, 1.807) is 30.3 Å². The van der Waals surface area contributed by atoms with Gasteiger partial charge in [0.2, 0.25) is 6.10 Å². The lowest BCUT2D eigenvalue weighted by atomic mass is 10.0. The second-order valence-electron chi connectivity index (χ2n) is 6.82. The Hall–Kier alpha value is -3.35. The van der Waals surface area contributed by atoms with Gasteiger partial charge in [-0.1, -0.05) is 56.3 Å². The van der Waals surface area contributed by atoms with E-state index in [0.29, 0.717) is 17.2 Å². The number of hydrogen-bond donors (Lipinski definition) is 2. The van der Waals surface area contributed by atoms with Crippen molar-refractivity contribution in [2.24, 2.45) is 0 Å². The summed E-state index contributed by atoms with van der Waals surface area (Å²) in [7, 11) is 1.38. The molecule has 0 saturated carbocycles. The van der Waals surface area contributed by atoms with Gasteiger partial charge in [0.1, 0.15) is 5.75 Å². The standard InChI is InChI=1S/C22H26N2O5/c1-14(2)17-11-10-15(3)18(12-17)28-13-19(25)29-20(16-8-6-5-7-9-16)21(26)24-22(27)23-4/h5-12,14,20H,13H2,1-4H3,(H2,23,24,26,27)/t20-/m0/s1. The van der Waals surface area contributed by atoms with E-state index < -0.39 is 24.0 Å². The van der Waals surface area contributed by atoms with E-state index in [1.165, 1.54) is 7.05 Å². The largest absolute Gasteiger partial charge is 0.482 e. The van der Waals surface area contributed by atoms with Crippen molar-refractivity contribution in [1.29, 1.82) is 0 Å². The van der Waals surface area contributed by atoms with Gasteiger partial charge in [-0.3, -0.25) is 10.1 Å². The average Bonchev–Trinajstić information content (AvgIpc) is 2.71. The van der Waals surface area contributed by atoms with Crippen LogP contribution < -0.4 is 15.4 Å². The van der Waals surface area contributed by atoms with Crippen LogP contribution >= 0.6 is 0 Å². The number of nitrogens with one attached hydrogen (secondary N) is 2. The molecule has 0 spiro atoms. The Bertz CT molecular complexity index is 865. The van der Waals surface area contributed by atoms with Gasteiger partial charge >= 0.3 is 12.0 Å². The Morgan fingerprint density at radius 1 is 1.00 bits per heavy atom. The third kappa shape index (κ3) is 6.34. The molecule has 1 atom stereocenters. The smallest absolute Gasteiger partial charge is 0.345 e. The molecule has 0 heterocycles. The van der Waals surface area contributed by atoms with E-state index in [1.807, 2.05) is 25.1 Å². The van der Waals surface area contributed by atoms with Gasteiger partial charge in [-0.05, 0) is 30.0 Å². The maximum absolute atomic E-state index is 12.4. The molecule has 29 heavy (non-hydrogen) atoms. The van der Waals surface area contributed by atoms with Crippen molar-refractivity contribution in [2.45, 2.75) is 32.8 Å². The van der Waals surface area contributed by atoms with Gasteiger partial charge in [0.05, 0.1) is 0 Å². The Morgan fingerprint density at radius 2 is 1.69 bits per heavy atom. The van der Waals surface area contributed by atoms with Crippen LogP contribution in [0.3, 0.4) is 0 Å². The molecule has 7 heteroatoms. The molecule has 0 radical (unpaired) electrons. The third-order valence-electron chi connectivity index (χ3n) is 4.28. The van der Waals surface area contributed by atoms with Gasteiger partial charge in [0.15, 0.2) is 6.61 Å². The number of benzene rings is 2. The Labute approximate surface area is 170 Å². The molecule has 2 rings (SSSR count). The van der Waals surface area contributed by atoms with Crippen LogP contribution in [0.4, 0.5) is 4.79 Å². The van der Waals surface area contributed by atoms with E-state index in [9.17, 15) is 14.4 Å². The molecule has 0 bridgehead atoms. The summed E-state index contributed by atoms with van der Waals surface area (Å²) in [4.78, 5) is 36.2. The highest BCUT2D eigenvalue weighted by molar-refractivity contribution is 5.97. The zero-order valence-electron chi connectivity index (χ0n) is 17.0. The minimum Gasteiger partial charge on any atom is -0.482 e. The molecule has 0 aliphatic rings. The molecule has 154 valence electrons. The fourth-order valence-corrected chi connectivity index (χ4v) is 2.57. The minimum absolute atomic E-state index is 0.320. The summed E-state index contributed by atoms with van der Waals surface area (Å²) in [5, 5.41) is 4.42. The van der Waals surface area contributed by atoms with Gasteiger partial charge in [0.25, 0.3) is 5.91 Å². The van der Waals surface area contributed by atoms with Crippen LogP contribution in [0, 0.1) is 6.92 Å². The third-order valence-corrected chi connectivity index (χ3v) is 4.28. The molecule has 2 aromatic rings. The Morgan fingerprint density at radius 3 is 2.31 bits per heavy atom. The van der Waals surface area contributed by atoms with Gasteiger partial charge in [-0.2, -0.15) is 0 Å². The number of esters is 1. The van der Waals surface area contributed by atoms with Gasteiger partial charge in [-0.15, -0.1) is 0 Å². The van der Waals surface area contributed by atoms with E-state index in [0.717, 1.165) is 11.1 Å². The predicted molar refractivity (Wildman–Crippen MR) is 109 cm³/mol. The van der Waals surface area contributed by atoms with Crippen molar-refractivity contribution in [2.75, 3.05) is 13.7 Å². The van der Waals surface area contributed by atoms with Crippen LogP contribution in [0.5, 0.6) is 5.75 Å². The molecular formula is C22H26N2O5. The number of rotatable bonds is 7. The number of amides is 3. The highest BCUT2D eigenvalue weighted by Gasteiger charge is 2.26. The first-order chi connectivity index (χ1) is 13.8. The summed E-state index contributed by atoms with van der Waals surface area (Å²) in [5.74, 6) is -0.567. The zero-order valence-corrected chi connectivity index (χ0v) is 17.0. The van der Waals surface area contributed by atoms with Gasteiger partial charge < -0.3 is 14.8 Å². The topological polar surface area (TPSA) is 93.7 Å². The fraction of sp³-hybridized carbons (Fsp3) is 0.318. The van der Waals surface area contributed by atoms with E-state index in [2.05, 4.69) is 24.5 Å². The summed E-state index contributed by atoms with van der Waals surface area (Å²) in [5.41, 5.74) is 2.42. The number of hydrogen-bond acceptors (Lipinski definition) is 5. The predicted octanol–water partition coefficient (Wildman–Crippen LogP) is 3.24. The maximum atomic E-state index is 12.4. The molecule has 0 aliphatic carbocycles. The molecule has 0 aromatic heterocycles. The van der Waals surface area contributed by atoms with Crippen LogP contribution in [-0.2, 0) is 14.3 Å². The van der Waals surface area contributed by atoms with Crippen molar-refractivity contribution >= 4 is 17.9 Å². The number of urea groups is 1. The lowest BCUT2D eigenvalue weighted by molar-refractivity contribution is -0.158. The highest BCUT2D eigenvalue weighted by Crippen LogP contribution is 2.24. The average molecular weight is 398 g/mol. The second kappa shape index (κ2) is 10.3. The van der Waals surface area contributed by atoms with E-state index in [-0.39, 0.29) is 6.61 Å². The number of ether oxygens (including phenoxy) is 2. The number of aryl methyl sites for hydroxylation is 1. The molecule has 3 amide bonds. The SMILES string of the molecule is CNC(=O)NC(=O)[C@@H](OC(=O)COc1cc(C(C)C)ccc1C)c1ccccc1. The molecule has 0 unspecified atom stereocenters. The monoisotopic (exact) mass is 398 g/mol. The molecule has 0 fully saturated rings. The fourth-order valence-electron chi connectivity index (χ4n) is 2.57. The quantitative estimate of drug-likeness (QED) is 0.699. The highest BCUT2D eigenvalue weighted by atomic mass is 16.6. The number of carbonyl (C=O) groups is 3. The molecule has 2 N–H and O–H groups in total. The maximum Gasteiger partial charge on any atom is 0.345 e. The number of carbonyl (C=O) groups excluding carboxylic acids is 3. The van der Waals surface area contributed by atoms with Crippen molar-refractivity contribution in [1.82, 2.24) is 10.6 Å². The normalized spacial score (nSPS) is 11.5. The van der Waals surface area contributed by atoms with Crippen LogP contribution in [0.2, 0.25) is 0 Å². The van der Waals surface area contributed by atoms with Crippen molar-refractivity contribution in [3.63, 3.8) is 0 Å². The summed E-state index contributed by atoms with van der Waals surface area (Å²) in [6.45, 7) is 5.66. The van der Waals surface area contributed by atoms with Crippen LogP contribution in [0.1, 0.15) is 42.6 Å². The van der Waals surface area contributed by atoms with Crippen molar-refractivity contribution in [3.8, 4) is 5.75 Å². The summed E-state index contributed by atoms with van der Waals surface area (Å²) < 4.78 is 10.9. The zero-order chi connectivity index (χ0) is 21.4. The first-order valence-electron chi connectivity index (χ1n) is 9.32. The number of imide groups is 1. The molecule has 0 saturated heterocycles. The van der Waals surface area contributed by atoms with Crippen LogP contribution in [0.15, 0.2) is 48.5 Å². The van der Waals surface area contributed by atoms with Crippen molar-refractivity contribution < 1.29 is 23.9 Å². The second-order valence-corrected chi connectivity index (χ2v) is 6.82. The van der Waals surface area contributed by atoms with Crippen LogP contribution in [-0.4, -0.2) is 31.6 Å². The van der Waals surface area contributed by atoms with Gasteiger partial charge in [-0.25, -0.2) is 9.59 Å². The summed E-state index contributed by atoms with van der Waals surface area (Å²) in [6.07, 6.45) is -1.27. The molecular weight excluding hydrogens is 372 g/mol. The Balaban J connectivity index is 2.09. The summed E-state index contributed by atoms with van der Waals surface area (Å²) >= 11 is 0.